The van der Waals surface area contributed by atoms with Gasteiger partial charge in [0.2, 0.25) is 11.8 Å². The van der Waals surface area contributed by atoms with E-state index in [4.69, 9.17) is 31.0 Å². The maximum absolute atomic E-state index is 10.0. The normalized spacial score (nSPS) is 23.7. The first-order valence-corrected chi connectivity index (χ1v) is 16.0. The van der Waals surface area contributed by atoms with Crippen molar-refractivity contribution >= 4 is 28.6 Å². The van der Waals surface area contributed by atoms with Crippen molar-refractivity contribution in [2.75, 3.05) is 18.1 Å². The zero-order valence-electron chi connectivity index (χ0n) is 24.6. The Morgan fingerprint density at radius 2 is 1.91 bits per heavy atom. The molecule has 7 rings (SSSR count). The van der Waals surface area contributed by atoms with Crippen molar-refractivity contribution in [3.8, 4) is 23.2 Å². The summed E-state index contributed by atoms with van der Waals surface area (Å²) in [6.45, 7) is 5.05. The van der Waals surface area contributed by atoms with E-state index in [2.05, 4.69) is 27.4 Å². The fourth-order valence-corrected chi connectivity index (χ4v) is 7.32. The smallest absolute Gasteiger partial charge is 0.223 e. The van der Waals surface area contributed by atoms with Gasteiger partial charge in [0.15, 0.2) is 0 Å². The molecule has 0 N–H and O–H groups in total. The van der Waals surface area contributed by atoms with Gasteiger partial charge in [-0.05, 0) is 55.6 Å². The monoisotopic (exact) mass is 596 g/mol. The number of hydrogen-bond donors (Lipinski definition) is 0. The molecule has 3 aromatic heterocycles. The number of pyridine rings is 2. The molecule has 2 atom stereocenters. The molecule has 9 heteroatoms. The first kappa shape index (κ1) is 28.1. The van der Waals surface area contributed by atoms with Crippen LogP contribution in [0.3, 0.4) is 0 Å². The first-order chi connectivity index (χ1) is 21.1. The highest BCUT2D eigenvalue weighted by molar-refractivity contribution is 6.30. The van der Waals surface area contributed by atoms with Crippen LogP contribution in [-0.4, -0.2) is 44.8 Å². The maximum atomic E-state index is 10.0. The zero-order chi connectivity index (χ0) is 29.3. The molecule has 0 radical (unpaired) electrons. The third-order valence-electron chi connectivity index (χ3n) is 9.43. The molecule has 1 aromatic carbocycles. The highest BCUT2D eigenvalue weighted by Crippen LogP contribution is 2.41. The fraction of sp³-hybridized carbons (Fsp3) is 0.471. The largest absolute Gasteiger partial charge is 0.472 e. The van der Waals surface area contributed by atoms with Crippen molar-refractivity contribution in [2.24, 2.45) is 11.8 Å². The maximum Gasteiger partial charge on any atom is 0.223 e. The van der Waals surface area contributed by atoms with E-state index in [1.807, 2.05) is 42.5 Å². The number of fused-ring (bicyclic) bond motifs is 2. The van der Waals surface area contributed by atoms with Gasteiger partial charge in [-0.3, -0.25) is 0 Å². The topological polar surface area (TPSA) is 89.1 Å². The number of nitrogens with zero attached hydrogens (tertiary/aromatic N) is 6. The van der Waals surface area contributed by atoms with Gasteiger partial charge in [-0.15, -0.1) is 0 Å². The van der Waals surface area contributed by atoms with Crippen molar-refractivity contribution in [2.45, 2.75) is 77.2 Å². The zero-order valence-corrected chi connectivity index (χ0v) is 25.3. The lowest BCUT2D eigenvalue weighted by molar-refractivity contribution is 0.0247. The molecule has 0 amide bonds. The lowest BCUT2D eigenvalue weighted by atomic mass is 9.83. The minimum atomic E-state index is 0.236. The molecule has 2 aliphatic carbocycles. The number of rotatable bonds is 7. The molecule has 1 aliphatic heterocycles. The molecular weight excluding hydrogens is 560 g/mol. The summed E-state index contributed by atoms with van der Waals surface area (Å²) >= 11 is 6.55. The number of aromatic nitrogens is 4. The van der Waals surface area contributed by atoms with Crippen LogP contribution in [0, 0.1) is 23.2 Å². The molecule has 3 fully saturated rings. The Bertz CT molecular complexity index is 1640. The summed E-state index contributed by atoms with van der Waals surface area (Å²) in [5.74, 6) is 2.70. The molecule has 0 unspecified atom stereocenters. The summed E-state index contributed by atoms with van der Waals surface area (Å²) in [6, 6.07) is 16.2. The van der Waals surface area contributed by atoms with E-state index < -0.39 is 0 Å². The van der Waals surface area contributed by atoms with Crippen molar-refractivity contribution < 1.29 is 9.47 Å². The van der Waals surface area contributed by atoms with E-state index >= 15 is 0 Å². The highest BCUT2D eigenvalue weighted by Gasteiger charge is 2.39. The van der Waals surface area contributed by atoms with Crippen LogP contribution in [0.4, 0.5) is 5.95 Å². The quantitative estimate of drug-likeness (QED) is 0.223. The molecule has 2 saturated carbocycles. The summed E-state index contributed by atoms with van der Waals surface area (Å²) < 4.78 is 14.8. The van der Waals surface area contributed by atoms with Crippen LogP contribution in [0.5, 0.6) is 5.88 Å². The van der Waals surface area contributed by atoms with Crippen LogP contribution in [0.2, 0.25) is 5.02 Å². The van der Waals surface area contributed by atoms with Gasteiger partial charge < -0.3 is 18.9 Å². The second-order valence-corrected chi connectivity index (χ2v) is 12.8. The van der Waals surface area contributed by atoms with Gasteiger partial charge >= 0.3 is 0 Å². The number of anilines is 1. The Morgan fingerprint density at radius 3 is 2.72 bits per heavy atom. The average molecular weight is 597 g/mol. The van der Waals surface area contributed by atoms with Gasteiger partial charge in [-0.1, -0.05) is 61.7 Å². The van der Waals surface area contributed by atoms with Gasteiger partial charge in [0, 0.05) is 25.4 Å². The second-order valence-electron chi connectivity index (χ2n) is 12.4. The summed E-state index contributed by atoms with van der Waals surface area (Å²) in [5.41, 5.74) is 4.30. The van der Waals surface area contributed by atoms with Crippen LogP contribution in [0.25, 0.3) is 22.3 Å². The van der Waals surface area contributed by atoms with E-state index in [-0.39, 0.29) is 6.10 Å². The summed E-state index contributed by atoms with van der Waals surface area (Å²) in [4.78, 5) is 17.2. The first-order valence-electron chi connectivity index (χ1n) is 15.6. The molecule has 43 heavy (non-hydrogen) atoms. The number of benzene rings is 1. The van der Waals surface area contributed by atoms with Crippen LogP contribution in [-0.2, 0) is 17.9 Å². The number of nitriles is 1. The molecule has 0 spiro atoms. The van der Waals surface area contributed by atoms with Gasteiger partial charge in [-0.2, -0.15) is 5.26 Å². The van der Waals surface area contributed by atoms with E-state index in [0.717, 1.165) is 60.8 Å². The summed E-state index contributed by atoms with van der Waals surface area (Å²) in [6.07, 6.45) is 10.0. The molecule has 4 heterocycles. The Kier molecular flexibility index (Phi) is 7.94. The second kappa shape index (κ2) is 12.1. The number of ether oxygens (including phenoxy) is 2. The predicted octanol–water partition coefficient (Wildman–Crippen LogP) is 7.18. The van der Waals surface area contributed by atoms with Crippen molar-refractivity contribution in [3.63, 3.8) is 0 Å². The number of morpholine rings is 1. The Hall–Kier alpha value is -3.67. The SMILES string of the molecule is C[C@H]1CC[C@H](Cn2c(N3CCO[C@@H]4CCC[C@H]43)nc3cc(C#N)nc(-c4cc(Cl)cnc4OCc4ccccc4)c32)CC1. The van der Waals surface area contributed by atoms with E-state index in [0.29, 0.717) is 53.0 Å². The van der Waals surface area contributed by atoms with Gasteiger partial charge in [0.05, 0.1) is 40.4 Å². The lowest BCUT2D eigenvalue weighted by Crippen LogP contribution is -2.49. The van der Waals surface area contributed by atoms with Gasteiger partial charge in [0.25, 0.3) is 0 Å². The third-order valence-corrected chi connectivity index (χ3v) is 9.63. The van der Waals surface area contributed by atoms with Crippen LogP contribution in [0.1, 0.15) is 63.1 Å². The van der Waals surface area contributed by atoms with Crippen LogP contribution < -0.4 is 9.64 Å². The van der Waals surface area contributed by atoms with Gasteiger partial charge in [-0.25, -0.2) is 15.0 Å². The van der Waals surface area contributed by atoms with Crippen LogP contribution >= 0.6 is 11.6 Å². The third kappa shape index (κ3) is 5.69. The molecule has 3 aliphatic rings. The average Bonchev–Trinajstić information content (AvgIpc) is 3.66. The minimum absolute atomic E-state index is 0.236. The molecular formula is C34H37ClN6O2. The minimum Gasteiger partial charge on any atom is -0.472 e. The molecule has 1 saturated heterocycles. The van der Waals surface area contributed by atoms with Crippen molar-refractivity contribution in [1.82, 2.24) is 19.5 Å². The standard InChI is InChI=1S/C34H37ClN6O2/c1-22-10-12-23(13-11-22)20-41-32-28(39-34(41)40-14-15-42-30-9-5-8-29(30)40)17-26(18-36)38-31(32)27-16-25(35)19-37-33(27)43-21-24-6-3-2-4-7-24/h2-4,6-7,16-17,19,22-23,29-30H,5,8-15,20-21H2,1H3/t22-,23-,29-,30-/m1/s1. The van der Waals surface area contributed by atoms with E-state index in [1.165, 1.54) is 25.7 Å². The number of hydrogen-bond acceptors (Lipinski definition) is 7. The molecule has 0 bridgehead atoms. The van der Waals surface area contributed by atoms with Gasteiger partial charge in [0.1, 0.15) is 24.1 Å². The Labute approximate surface area is 257 Å². The lowest BCUT2D eigenvalue weighted by Gasteiger charge is -2.39. The highest BCUT2D eigenvalue weighted by atomic mass is 35.5. The van der Waals surface area contributed by atoms with Crippen molar-refractivity contribution in [3.05, 3.63) is 64.9 Å². The Morgan fingerprint density at radius 1 is 1.07 bits per heavy atom. The van der Waals surface area contributed by atoms with E-state index in [9.17, 15) is 5.26 Å². The number of imidazole rings is 1. The van der Waals surface area contributed by atoms with E-state index in [1.54, 1.807) is 6.20 Å². The predicted molar refractivity (Wildman–Crippen MR) is 167 cm³/mol. The van der Waals surface area contributed by atoms with Crippen molar-refractivity contribution in [1.29, 1.82) is 5.26 Å². The fourth-order valence-electron chi connectivity index (χ4n) is 7.16. The van der Waals surface area contributed by atoms with Crippen LogP contribution in [0.15, 0.2) is 48.7 Å². The Balaban J connectivity index is 1.38. The number of halogens is 1. The molecule has 222 valence electrons. The molecule has 4 aromatic rings. The molecule has 8 nitrogen and oxygen atoms in total. The summed E-state index contributed by atoms with van der Waals surface area (Å²) in [5, 5.41) is 10.5. The summed E-state index contributed by atoms with van der Waals surface area (Å²) in [7, 11) is 0.